The van der Waals surface area contributed by atoms with Crippen LogP contribution >= 0.6 is 11.8 Å². The molecule has 22 heavy (non-hydrogen) atoms. The lowest BCUT2D eigenvalue weighted by molar-refractivity contribution is -0.133. The third-order valence-corrected chi connectivity index (χ3v) is 4.32. The Labute approximate surface area is 134 Å². The number of aliphatic carboxylic acids is 1. The molecule has 1 heterocycles. The minimum atomic E-state index is -0.959. The third kappa shape index (κ3) is 3.90. The second-order valence-electron chi connectivity index (χ2n) is 5.15. The molecule has 0 saturated carbocycles. The van der Waals surface area contributed by atoms with Crippen molar-refractivity contribution in [1.82, 2.24) is 5.32 Å². The number of thioether (sulfide) groups is 1. The van der Waals surface area contributed by atoms with Crippen molar-refractivity contribution in [2.75, 3.05) is 12.4 Å². The second kappa shape index (κ2) is 7.47. The van der Waals surface area contributed by atoms with Gasteiger partial charge in [0.15, 0.2) is 5.17 Å². The van der Waals surface area contributed by atoms with Crippen LogP contribution in [-0.2, 0) is 4.79 Å². The van der Waals surface area contributed by atoms with Gasteiger partial charge in [-0.3, -0.25) is 0 Å². The molecule has 118 valence electrons. The summed E-state index contributed by atoms with van der Waals surface area (Å²) in [4.78, 5) is 16.2. The van der Waals surface area contributed by atoms with Crippen molar-refractivity contribution in [1.29, 1.82) is 0 Å². The summed E-state index contributed by atoms with van der Waals surface area (Å²) in [7, 11) is 0. The van der Waals surface area contributed by atoms with Crippen LogP contribution in [0.4, 0.5) is 0 Å². The largest absolute Gasteiger partial charge is 0.478 e. The van der Waals surface area contributed by atoms with Gasteiger partial charge in [-0.15, -0.1) is 0 Å². The number of aryl methyl sites for hydroxylation is 1. The van der Waals surface area contributed by atoms with Crippen LogP contribution in [0.5, 0.6) is 0 Å². The summed E-state index contributed by atoms with van der Waals surface area (Å²) < 4.78 is 0. The van der Waals surface area contributed by atoms with Gasteiger partial charge >= 0.3 is 5.97 Å². The van der Waals surface area contributed by atoms with Gasteiger partial charge < -0.3 is 15.5 Å². The molecule has 0 amide bonds. The van der Waals surface area contributed by atoms with E-state index in [0.29, 0.717) is 17.3 Å². The molecule has 1 aliphatic heterocycles. The van der Waals surface area contributed by atoms with Gasteiger partial charge in [0.2, 0.25) is 0 Å². The van der Waals surface area contributed by atoms with Gasteiger partial charge in [0.1, 0.15) is 6.04 Å². The summed E-state index contributed by atoms with van der Waals surface area (Å²) in [6.45, 7) is 3.87. The number of rotatable bonds is 5. The fraction of sp³-hybridized carbons (Fsp3) is 0.375. The average Bonchev–Trinajstić information content (AvgIpc) is 2.46. The third-order valence-electron chi connectivity index (χ3n) is 3.35. The van der Waals surface area contributed by atoms with E-state index in [1.54, 1.807) is 6.92 Å². The van der Waals surface area contributed by atoms with E-state index in [1.807, 2.05) is 31.2 Å². The molecule has 0 saturated heterocycles. The van der Waals surface area contributed by atoms with E-state index < -0.39 is 12.0 Å². The highest BCUT2D eigenvalue weighted by Crippen LogP contribution is 2.32. The molecule has 1 aromatic carbocycles. The lowest BCUT2D eigenvalue weighted by Gasteiger charge is -2.24. The number of allylic oxidation sites excluding steroid dienone is 1. The number of benzene rings is 1. The van der Waals surface area contributed by atoms with Gasteiger partial charge in [0, 0.05) is 18.1 Å². The molecule has 0 radical (unpaired) electrons. The highest BCUT2D eigenvalue weighted by atomic mass is 32.2. The summed E-state index contributed by atoms with van der Waals surface area (Å²) in [5, 5.41) is 22.1. The lowest BCUT2D eigenvalue weighted by Crippen LogP contribution is -2.30. The van der Waals surface area contributed by atoms with E-state index in [1.165, 1.54) is 11.8 Å². The van der Waals surface area contributed by atoms with E-state index in [9.17, 15) is 9.90 Å². The Bertz CT molecular complexity index is 626. The predicted molar refractivity (Wildman–Crippen MR) is 89.0 cm³/mol. The van der Waals surface area contributed by atoms with Crippen molar-refractivity contribution in [3.8, 4) is 0 Å². The molecule has 1 atom stereocenters. The summed E-state index contributed by atoms with van der Waals surface area (Å²) in [5.41, 5.74) is 2.83. The first-order valence-electron chi connectivity index (χ1n) is 7.12. The van der Waals surface area contributed by atoms with Crippen LogP contribution in [0, 0.1) is 6.92 Å². The average molecular weight is 320 g/mol. The zero-order chi connectivity index (χ0) is 16.1. The van der Waals surface area contributed by atoms with Crippen LogP contribution in [0.1, 0.15) is 30.5 Å². The number of carbonyl (C=O) groups is 1. The molecule has 6 heteroatoms. The quantitative estimate of drug-likeness (QED) is 0.726. The van der Waals surface area contributed by atoms with Gasteiger partial charge in [0.05, 0.1) is 5.57 Å². The monoisotopic (exact) mass is 320 g/mol. The molecule has 1 aromatic rings. The number of nitrogens with one attached hydrogen (secondary N) is 1. The molecule has 0 bridgehead atoms. The number of amidine groups is 1. The van der Waals surface area contributed by atoms with Crippen molar-refractivity contribution in [2.24, 2.45) is 4.99 Å². The fourth-order valence-corrected chi connectivity index (χ4v) is 3.18. The van der Waals surface area contributed by atoms with Gasteiger partial charge in [0.25, 0.3) is 0 Å². The summed E-state index contributed by atoms with van der Waals surface area (Å²) >= 11 is 1.49. The number of carboxylic acids is 1. The zero-order valence-corrected chi connectivity index (χ0v) is 13.5. The minimum absolute atomic E-state index is 0.136. The van der Waals surface area contributed by atoms with Gasteiger partial charge in [-0.1, -0.05) is 41.6 Å². The molecular weight excluding hydrogens is 300 g/mol. The molecule has 2 rings (SSSR count). The Morgan fingerprint density at radius 1 is 1.41 bits per heavy atom. The topological polar surface area (TPSA) is 81.9 Å². The number of hydrogen-bond acceptors (Lipinski definition) is 5. The number of carboxylic acid groups (broad SMARTS) is 1. The highest BCUT2D eigenvalue weighted by molar-refractivity contribution is 8.13. The maximum atomic E-state index is 11.6. The normalized spacial score (nSPS) is 18.0. The van der Waals surface area contributed by atoms with Crippen molar-refractivity contribution in [2.45, 2.75) is 26.3 Å². The van der Waals surface area contributed by atoms with Crippen LogP contribution in [0.3, 0.4) is 0 Å². The van der Waals surface area contributed by atoms with Crippen LogP contribution in [-0.4, -0.2) is 33.7 Å². The second-order valence-corrected chi connectivity index (χ2v) is 6.23. The van der Waals surface area contributed by atoms with Crippen LogP contribution in [0.25, 0.3) is 0 Å². The Kier molecular flexibility index (Phi) is 5.63. The van der Waals surface area contributed by atoms with Crippen LogP contribution in [0.15, 0.2) is 40.5 Å². The SMILES string of the molecule is CC1=C(C(=O)O)C(c2cccc(C)c2)N=C(SCCCO)N1. The number of aliphatic hydroxyl groups is 1. The van der Waals surface area contributed by atoms with Gasteiger partial charge in [-0.25, -0.2) is 9.79 Å². The number of hydrogen-bond donors (Lipinski definition) is 3. The number of nitrogens with zero attached hydrogens (tertiary/aromatic N) is 1. The smallest absolute Gasteiger partial charge is 0.335 e. The van der Waals surface area contributed by atoms with Gasteiger partial charge in [-0.05, 0) is 25.8 Å². The van der Waals surface area contributed by atoms with E-state index in [-0.39, 0.29) is 12.2 Å². The standard InChI is InChI=1S/C16H20N2O3S/c1-10-5-3-6-12(9-10)14-13(15(20)21)11(2)17-16(18-14)22-8-4-7-19/h3,5-6,9,14,19H,4,7-8H2,1-2H3,(H,17,18)(H,20,21). The van der Waals surface area contributed by atoms with Crippen LogP contribution in [0.2, 0.25) is 0 Å². The minimum Gasteiger partial charge on any atom is -0.478 e. The molecule has 0 aromatic heterocycles. The van der Waals surface area contributed by atoms with Crippen molar-refractivity contribution < 1.29 is 15.0 Å². The van der Waals surface area contributed by atoms with E-state index in [4.69, 9.17) is 5.11 Å². The van der Waals surface area contributed by atoms with Gasteiger partial charge in [-0.2, -0.15) is 0 Å². The molecule has 3 N–H and O–H groups in total. The summed E-state index contributed by atoms with van der Waals surface area (Å²) in [6, 6.07) is 7.25. The van der Waals surface area contributed by atoms with E-state index in [2.05, 4.69) is 10.3 Å². The Balaban J connectivity index is 2.34. The van der Waals surface area contributed by atoms with Crippen LogP contribution < -0.4 is 5.32 Å². The number of aliphatic imine (C=N–C) groups is 1. The lowest BCUT2D eigenvalue weighted by atomic mass is 9.95. The summed E-state index contributed by atoms with van der Waals surface area (Å²) in [5.74, 6) is -0.224. The molecular formula is C16H20N2O3S. The Morgan fingerprint density at radius 2 is 2.18 bits per heavy atom. The number of aliphatic hydroxyl groups excluding tert-OH is 1. The maximum absolute atomic E-state index is 11.6. The van der Waals surface area contributed by atoms with Crippen molar-refractivity contribution in [3.63, 3.8) is 0 Å². The maximum Gasteiger partial charge on any atom is 0.335 e. The first-order chi connectivity index (χ1) is 10.5. The van der Waals surface area contributed by atoms with Crippen molar-refractivity contribution >= 4 is 22.9 Å². The molecule has 5 nitrogen and oxygen atoms in total. The molecule has 0 fully saturated rings. The zero-order valence-electron chi connectivity index (χ0n) is 12.7. The molecule has 1 aliphatic rings. The Morgan fingerprint density at radius 3 is 2.82 bits per heavy atom. The highest BCUT2D eigenvalue weighted by Gasteiger charge is 2.29. The molecule has 0 spiro atoms. The van der Waals surface area contributed by atoms with E-state index >= 15 is 0 Å². The predicted octanol–water partition coefficient (Wildman–Crippen LogP) is 2.47. The Hall–Kier alpha value is -1.79. The van der Waals surface area contributed by atoms with E-state index in [0.717, 1.165) is 16.9 Å². The fourth-order valence-electron chi connectivity index (χ4n) is 2.31. The van der Waals surface area contributed by atoms with Crippen molar-refractivity contribution in [3.05, 3.63) is 46.7 Å². The first-order valence-corrected chi connectivity index (χ1v) is 8.10. The first kappa shape index (κ1) is 16.6. The molecule has 1 unspecified atom stereocenters. The summed E-state index contributed by atoms with van der Waals surface area (Å²) in [6.07, 6.45) is 0.676. The molecule has 0 aliphatic carbocycles.